The van der Waals surface area contributed by atoms with E-state index in [9.17, 15) is 14.9 Å². The minimum atomic E-state index is -0.805. The van der Waals surface area contributed by atoms with Crippen LogP contribution in [0.15, 0.2) is 48.7 Å². The van der Waals surface area contributed by atoms with E-state index in [1.165, 1.54) is 48.2 Å². The molecular weight excluding hydrogens is 542 g/mol. The summed E-state index contributed by atoms with van der Waals surface area (Å²) in [5.74, 6) is 1.49. The Balaban J connectivity index is 1.94. The number of aromatic nitrogens is 3. The van der Waals surface area contributed by atoms with Crippen LogP contribution in [0.2, 0.25) is 5.15 Å². The van der Waals surface area contributed by atoms with Crippen molar-refractivity contribution in [3.8, 4) is 22.9 Å². The third-order valence-electron chi connectivity index (χ3n) is 5.81. The number of halogens is 1. The van der Waals surface area contributed by atoms with Crippen molar-refractivity contribution in [1.82, 2.24) is 14.8 Å². The summed E-state index contributed by atoms with van der Waals surface area (Å²) in [4.78, 5) is 30.0. The molecule has 0 N–H and O–H groups in total. The number of hydrogen-bond acceptors (Lipinski definition) is 9. The molecule has 0 radical (unpaired) electrons. The minimum Gasteiger partial charge on any atom is -0.497 e. The van der Waals surface area contributed by atoms with Crippen molar-refractivity contribution < 1.29 is 28.7 Å². The Morgan fingerprint density at radius 1 is 1.05 bits per heavy atom. The van der Waals surface area contributed by atoms with E-state index in [-0.39, 0.29) is 29.0 Å². The number of carbonyl (C=O) groups is 1. The fourth-order valence-corrected chi connectivity index (χ4v) is 4.16. The molecule has 0 spiro atoms. The van der Waals surface area contributed by atoms with Gasteiger partial charge in [-0.05, 0) is 39.0 Å². The maximum atomic E-state index is 13.6. The van der Waals surface area contributed by atoms with Crippen molar-refractivity contribution in [3.05, 3.63) is 69.5 Å². The van der Waals surface area contributed by atoms with Crippen molar-refractivity contribution in [2.24, 2.45) is 0 Å². The molecule has 2 aromatic carbocycles. The molecule has 2 heterocycles. The topological polar surface area (TPSA) is 131 Å². The first-order valence-corrected chi connectivity index (χ1v) is 12.4. The molecule has 4 aromatic rings. The zero-order chi connectivity index (χ0) is 29.2. The fraction of sp³-hybridized carbons (Fsp3) is 0.296. The second-order valence-electron chi connectivity index (χ2n) is 9.62. The van der Waals surface area contributed by atoms with Gasteiger partial charge in [0.05, 0.1) is 49.8 Å². The zero-order valence-corrected chi connectivity index (χ0v) is 23.6. The average molecular weight is 570 g/mol. The second kappa shape index (κ2) is 11.3. The van der Waals surface area contributed by atoms with E-state index in [0.717, 1.165) is 0 Å². The zero-order valence-electron chi connectivity index (χ0n) is 22.8. The first-order chi connectivity index (χ1) is 18.9. The highest BCUT2D eigenvalue weighted by molar-refractivity contribution is 6.30. The Labute approximate surface area is 235 Å². The van der Waals surface area contributed by atoms with Crippen LogP contribution in [0.3, 0.4) is 0 Å². The van der Waals surface area contributed by atoms with Gasteiger partial charge >= 0.3 is 6.09 Å². The highest BCUT2D eigenvalue weighted by Gasteiger charge is 2.30. The SMILES string of the molecule is COc1ccc(CN(C(=O)OC(C)(C)C)c2nn(-c3ccc([N+](=O)[O-])cc3OC)c3cc(Cl)ncc23)c(OC)c1. The van der Waals surface area contributed by atoms with Gasteiger partial charge in [0.15, 0.2) is 11.6 Å². The fourth-order valence-electron chi connectivity index (χ4n) is 4.00. The number of rotatable bonds is 8. The van der Waals surface area contributed by atoms with Gasteiger partial charge in [0.1, 0.15) is 27.9 Å². The van der Waals surface area contributed by atoms with E-state index in [4.69, 9.17) is 35.6 Å². The predicted octanol–water partition coefficient (Wildman–Crippen LogP) is 5.95. The third kappa shape index (κ3) is 5.86. The molecule has 0 unspecified atom stereocenters. The van der Waals surface area contributed by atoms with Crippen LogP contribution in [0.25, 0.3) is 16.6 Å². The number of amides is 1. The largest absolute Gasteiger partial charge is 0.497 e. The highest BCUT2D eigenvalue weighted by Crippen LogP contribution is 2.36. The van der Waals surface area contributed by atoms with E-state index >= 15 is 0 Å². The lowest BCUT2D eigenvalue weighted by Gasteiger charge is -2.27. The van der Waals surface area contributed by atoms with Crippen molar-refractivity contribution in [1.29, 1.82) is 0 Å². The van der Waals surface area contributed by atoms with Crippen LogP contribution in [-0.2, 0) is 11.3 Å². The number of hydrogen-bond donors (Lipinski definition) is 0. The van der Waals surface area contributed by atoms with E-state index in [0.29, 0.717) is 33.7 Å². The van der Waals surface area contributed by atoms with Crippen LogP contribution in [0.5, 0.6) is 17.2 Å². The summed E-state index contributed by atoms with van der Waals surface area (Å²) < 4.78 is 23.6. The van der Waals surface area contributed by atoms with Gasteiger partial charge in [-0.15, -0.1) is 5.10 Å². The van der Waals surface area contributed by atoms with Gasteiger partial charge in [0.25, 0.3) is 5.69 Å². The Kier molecular flexibility index (Phi) is 8.01. The van der Waals surface area contributed by atoms with Crippen molar-refractivity contribution >= 4 is 40.1 Å². The Bertz CT molecular complexity index is 1580. The maximum absolute atomic E-state index is 13.6. The van der Waals surface area contributed by atoms with Gasteiger partial charge in [-0.1, -0.05) is 11.6 Å². The number of pyridine rings is 1. The molecule has 0 aliphatic rings. The third-order valence-corrected chi connectivity index (χ3v) is 6.01. The highest BCUT2D eigenvalue weighted by atomic mass is 35.5. The molecule has 12 nitrogen and oxygen atoms in total. The summed E-state index contributed by atoms with van der Waals surface area (Å²) in [5, 5.41) is 16.8. The smallest absolute Gasteiger partial charge is 0.416 e. The second-order valence-corrected chi connectivity index (χ2v) is 10.0. The molecular formula is C27H28ClN5O7. The molecule has 0 bridgehead atoms. The quantitative estimate of drug-likeness (QED) is 0.143. The van der Waals surface area contributed by atoms with Gasteiger partial charge in [-0.25, -0.2) is 14.5 Å². The van der Waals surface area contributed by atoms with Crippen LogP contribution >= 0.6 is 11.6 Å². The Morgan fingerprint density at radius 2 is 1.77 bits per heavy atom. The van der Waals surface area contributed by atoms with Crippen molar-refractivity contribution in [2.75, 3.05) is 26.2 Å². The molecule has 0 aliphatic heterocycles. The molecule has 0 saturated heterocycles. The molecule has 210 valence electrons. The van der Waals surface area contributed by atoms with Gasteiger partial charge in [-0.3, -0.25) is 15.0 Å². The molecule has 13 heteroatoms. The van der Waals surface area contributed by atoms with Gasteiger partial charge in [0, 0.05) is 30.0 Å². The molecule has 1 amide bonds. The number of ether oxygens (including phenoxy) is 4. The lowest BCUT2D eigenvalue weighted by Crippen LogP contribution is -2.37. The number of fused-ring (bicyclic) bond motifs is 1. The average Bonchev–Trinajstić information content (AvgIpc) is 3.28. The summed E-state index contributed by atoms with van der Waals surface area (Å²) in [5.41, 5.74) is 0.571. The lowest BCUT2D eigenvalue weighted by atomic mass is 10.1. The summed E-state index contributed by atoms with van der Waals surface area (Å²) in [6.45, 7) is 5.30. The van der Waals surface area contributed by atoms with Crippen LogP contribution in [-0.4, -0.2) is 52.7 Å². The molecule has 0 atom stereocenters. The summed E-state index contributed by atoms with van der Waals surface area (Å²) in [6, 6.07) is 11.0. The van der Waals surface area contributed by atoms with E-state index in [1.807, 2.05) is 0 Å². The summed E-state index contributed by atoms with van der Waals surface area (Å²) >= 11 is 6.25. The summed E-state index contributed by atoms with van der Waals surface area (Å²) in [6.07, 6.45) is 0.833. The molecule has 40 heavy (non-hydrogen) atoms. The van der Waals surface area contributed by atoms with Gasteiger partial charge < -0.3 is 18.9 Å². The predicted molar refractivity (Wildman–Crippen MR) is 149 cm³/mol. The van der Waals surface area contributed by atoms with E-state index in [1.54, 1.807) is 52.1 Å². The van der Waals surface area contributed by atoms with Gasteiger partial charge in [-0.2, -0.15) is 0 Å². The van der Waals surface area contributed by atoms with E-state index < -0.39 is 16.6 Å². The van der Waals surface area contributed by atoms with Crippen molar-refractivity contribution in [3.63, 3.8) is 0 Å². The molecule has 0 saturated carbocycles. The molecule has 2 aromatic heterocycles. The first-order valence-electron chi connectivity index (χ1n) is 12.0. The van der Waals surface area contributed by atoms with Crippen LogP contribution in [0.4, 0.5) is 16.3 Å². The lowest BCUT2D eigenvalue weighted by molar-refractivity contribution is -0.384. The van der Waals surface area contributed by atoms with E-state index in [2.05, 4.69) is 4.98 Å². The maximum Gasteiger partial charge on any atom is 0.416 e. The molecule has 0 fully saturated rings. The first kappa shape index (κ1) is 28.4. The number of nitro groups is 1. The number of carbonyl (C=O) groups excluding carboxylic acids is 1. The summed E-state index contributed by atoms with van der Waals surface area (Å²) in [7, 11) is 4.46. The van der Waals surface area contributed by atoms with Crippen LogP contribution < -0.4 is 19.1 Å². The number of nitro benzene ring substituents is 1. The van der Waals surface area contributed by atoms with Gasteiger partial charge in [0.2, 0.25) is 0 Å². The van der Waals surface area contributed by atoms with Crippen LogP contribution in [0.1, 0.15) is 26.3 Å². The standard InChI is InChI=1S/C27H28ClN5O7/c1-27(2,3)40-26(34)31(15-16-7-9-18(37-4)12-22(16)38-5)25-19-14-29-24(28)13-21(19)32(30-25)20-10-8-17(33(35)36)11-23(20)39-6/h7-14H,15H2,1-6H3. The number of methoxy groups -OCH3 is 3. The number of benzene rings is 2. The molecule has 4 rings (SSSR count). The monoisotopic (exact) mass is 569 g/mol. The number of anilines is 1. The normalized spacial score (nSPS) is 11.3. The van der Waals surface area contributed by atoms with Crippen molar-refractivity contribution in [2.45, 2.75) is 32.9 Å². The van der Waals surface area contributed by atoms with Crippen LogP contribution in [0, 0.1) is 10.1 Å². The number of nitrogens with zero attached hydrogens (tertiary/aromatic N) is 5. The number of non-ortho nitro benzene ring substituents is 1. The minimum absolute atomic E-state index is 0.0220. The molecule has 0 aliphatic carbocycles. The Hall–Kier alpha value is -4.58. The Morgan fingerprint density at radius 3 is 2.40 bits per heavy atom.